The van der Waals surface area contributed by atoms with Crippen LogP contribution in [0.1, 0.15) is 33.7 Å². The number of hydrogen-bond acceptors (Lipinski definition) is 6. The first kappa shape index (κ1) is 15.8. The van der Waals surface area contributed by atoms with E-state index < -0.39 is 0 Å². The molecule has 0 atom stereocenters. The number of carbonyl (C=O) groups is 1. The Morgan fingerprint density at radius 2 is 2.17 bits per heavy atom. The fourth-order valence-electron chi connectivity index (χ4n) is 2.62. The van der Waals surface area contributed by atoms with Crippen molar-refractivity contribution in [1.82, 2.24) is 45.5 Å². The van der Waals surface area contributed by atoms with Crippen LogP contribution in [0.3, 0.4) is 0 Å². The van der Waals surface area contributed by atoms with E-state index in [9.17, 15) is 4.79 Å². The van der Waals surface area contributed by atoms with Crippen LogP contribution in [0.4, 0.5) is 0 Å². The van der Waals surface area contributed by atoms with Gasteiger partial charge in [0, 0.05) is 19.3 Å². The molecule has 0 fully saturated rings. The summed E-state index contributed by atoms with van der Waals surface area (Å²) in [6, 6.07) is 0. The van der Waals surface area contributed by atoms with Gasteiger partial charge < -0.3 is 4.90 Å². The number of nitrogens with one attached hydrogen (secondary N) is 2. The molecule has 0 aliphatic heterocycles. The second-order valence-corrected chi connectivity index (χ2v) is 5.63. The SMILES string of the molecule is Cc1n[nH]c(C)c1CCCN(C)C(=O)c1cn[nH]c1-n1cnnn1. The van der Waals surface area contributed by atoms with Gasteiger partial charge in [-0.3, -0.25) is 15.0 Å². The molecule has 3 heterocycles. The molecule has 24 heavy (non-hydrogen) atoms. The zero-order valence-corrected chi connectivity index (χ0v) is 13.8. The maximum atomic E-state index is 12.6. The Morgan fingerprint density at radius 1 is 1.33 bits per heavy atom. The van der Waals surface area contributed by atoms with E-state index in [1.54, 1.807) is 11.9 Å². The summed E-state index contributed by atoms with van der Waals surface area (Å²) in [4.78, 5) is 14.3. The van der Waals surface area contributed by atoms with Crippen LogP contribution in [0, 0.1) is 13.8 Å². The van der Waals surface area contributed by atoms with Gasteiger partial charge in [0.2, 0.25) is 0 Å². The molecule has 0 spiro atoms. The summed E-state index contributed by atoms with van der Waals surface area (Å²) < 4.78 is 1.38. The normalized spacial score (nSPS) is 11.0. The lowest BCUT2D eigenvalue weighted by atomic mass is 10.1. The first-order valence-electron chi connectivity index (χ1n) is 7.60. The first-order chi connectivity index (χ1) is 11.6. The Balaban J connectivity index is 1.63. The zero-order valence-electron chi connectivity index (χ0n) is 13.8. The van der Waals surface area contributed by atoms with Crippen LogP contribution in [-0.4, -0.2) is 65.0 Å². The minimum absolute atomic E-state index is 0.130. The van der Waals surface area contributed by atoms with E-state index in [-0.39, 0.29) is 5.91 Å². The van der Waals surface area contributed by atoms with Crippen molar-refractivity contribution in [2.75, 3.05) is 13.6 Å². The number of rotatable bonds is 6. The van der Waals surface area contributed by atoms with Crippen LogP contribution in [0.25, 0.3) is 5.82 Å². The van der Waals surface area contributed by atoms with E-state index in [0.717, 1.165) is 24.2 Å². The molecule has 1 amide bonds. The molecule has 0 aliphatic carbocycles. The van der Waals surface area contributed by atoms with E-state index in [1.807, 2.05) is 13.8 Å². The lowest BCUT2D eigenvalue weighted by Crippen LogP contribution is -2.28. The number of aromatic nitrogens is 8. The van der Waals surface area contributed by atoms with E-state index >= 15 is 0 Å². The molecule has 0 aromatic carbocycles. The highest BCUT2D eigenvalue weighted by Gasteiger charge is 2.19. The quantitative estimate of drug-likeness (QED) is 0.676. The van der Waals surface area contributed by atoms with Crippen LogP contribution in [-0.2, 0) is 6.42 Å². The molecule has 3 rings (SSSR count). The highest BCUT2D eigenvalue weighted by Crippen LogP contribution is 2.14. The minimum atomic E-state index is -0.130. The molecule has 0 saturated carbocycles. The maximum Gasteiger partial charge on any atom is 0.259 e. The Bertz CT molecular complexity index is 798. The number of hydrogen-bond donors (Lipinski definition) is 2. The molecule has 10 heteroatoms. The van der Waals surface area contributed by atoms with E-state index in [1.165, 1.54) is 22.8 Å². The van der Waals surface area contributed by atoms with Crippen molar-refractivity contribution in [3.05, 3.63) is 35.0 Å². The van der Waals surface area contributed by atoms with Crippen molar-refractivity contribution >= 4 is 5.91 Å². The molecule has 0 aliphatic rings. The van der Waals surface area contributed by atoms with Gasteiger partial charge in [0.15, 0.2) is 5.82 Å². The van der Waals surface area contributed by atoms with Crippen molar-refractivity contribution < 1.29 is 4.79 Å². The van der Waals surface area contributed by atoms with Crippen LogP contribution in [0.5, 0.6) is 0 Å². The monoisotopic (exact) mass is 329 g/mol. The van der Waals surface area contributed by atoms with Crippen LogP contribution >= 0.6 is 0 Å². The number of H-pyrrole nitrogens is 2. The topological polar surface area (TPSA) is 121 Å². The summed E-state index contributed by atoms with van der Waals surface area (Å²) in [5, 5.41) is 24.8. The molecule has 0 bridgehead atoms. The van der Waals surface area contributed by atoms with Crippen molar-refractivity contribution in [1.29, 1.82) is 0 Å². The van der Waals surface area contributed by atoms with Crippen molar-refractivity contribution in [2.24, 2.45) is 0 Å². The summed E-state index contributed by atoms with van der Waals surface area (Å²) in [6.45, 7) is 4.62. The number of carbonyl (C=O) groups excluding carboxylic acids is 1. The molecular formula is C14H19N9O. The number of amides is 1. The van der Waals surface area contributed by atoms with Crippen molar-refractivity contribution in [3.8, 4) is 5.82 Å². The molecule has 0 saturated heterocycles. The number of tetrazole rings is 1. The van der Waals surface area contributed by atoms with Crippen LogP contribution < -0.4 is 0 Å². The highest BCUT2D eigenvalue weighted by molar-refractivity contribution is 5.96. The number of nitrogens with zero attached hydrogens (tertiary/aromatic N) is 7. The predicted octanol–water partition coefficient (Wildman–Crippen LogP) is 0.430. The van der Waals surface area contributed by atoms with Crippen LogP contribution in [0.15, 0.2) is 12.5 Å². The molecule has 0 unspecified atom stereocenters. The average Bonchev–Trinajstić information content (AvgIpc) is 3.30. The zero-order chi connectivity index (χ0) is 17.1. The Hall–Kier alpha value is -3.04. The number of aryl methyl sites for hydroxylation is 2. The minimum Gasteiger partial charge on any atom is -0.342 e. The molecule has 3 aromatic heterocycles. The standard InChI is InChI=1S/C14H19N9O/c1-9-11(10(2)18-17-9)5-4-6-22(3)14(24)12-7-15-19-13(12)23-8-16-20-21-23/h7-8H,4-6H2,1-3H3,(H,15,19)(H,17,18). The van der Waals surface area contributed by atoms with Gasteiger partial charge in [0.1, 0.15) is 11.9 Å². The molecule has 3 aromatic rings. The third kappa shape index (κ3) is 3.03. The first-order valence-corrected chi connectivity index (χ1v) is 7.60. The molecular weight excluding hydrogens is 310 g/mol. The van der Waals surface area contributed by atoms with Gasteiger partial charge in [-0.2, -0.15) is 14.9 Å². The van der Waals surface area contributed by atoms with Gasteiger partial charge in [0.25, 0.3) is 5.91 Å². The second kappa shape index (κ2) is 6.60. The molecule has 10 nitrogen and oxygen atoms in total. The van der Waals surface area contributed by atoms with E-state index in [2.05, 4.69) is 35.9 Å². The number of aromatic amines is 2. The van der Waals surface area contributed by atoms with Gasteiger partial charge in [-0.15, -0.1) is 5.10 Å². The van der Waals surface area contributed by atoms with Gasteiger partial charge in [0.05, 0.1) is 11.9 Å². The van der Waals surface area contributed by atoms with Crippen LogP contribution in [0.2, 0.25) is 0 Å². The smallest absolute Gasteiger partial charge is 0.259 e. The van der Waals surface area contributed by atoms with Crippen molar-refractivity contribution in [2.45, 2.75) is 26.7 Å². The van der Waals surface area contributed by atoms with Gasteiger partial charge in [-0.05, 0) is 42.7 Å². The lowest BCUT2D eigenvalue weighted by molar-refractivity contribution is 0.0793. The summed E-state index contributed by atoms with van der Waals surface area (Å²) >= 11 is 0. The summed E-state index contributed by atoms with van der Waals surface area (Å²) in [5.74, 6) is 0.327. The second-order valence-electron chi connectivity index (χ2n) is 5.63. The van der Waals surface area contributed by atoms with Gasteiger partial charge in [-0.25, -0.2) is 0 Å². The van der Waals surface area contributed by atoms with Gasteiger partial charge >= 0.3 is 0 Å². The summed E-state index contributed by atoms with van der Waals surface area (Å²) in [5.41, 5.74) is 3.74. The molecule has 2 N–H and O–H groups in total. The van der Waals surface area contributed by atoms with E-state index in [0.29, 0.717) is 17.9 Å². The fourth-order valence-corrected chi connectivity index (χ4v) is 2.62. The molecule has 126 valence electrons. The average molecular weight is 329 g/mol. The Labute approximate surface area is 138 Å². The summed E-state index contributed by atoms with van der Waals surface area (Å²) in [7, 11) is 1.77. The van der Waals surface area contributed by atoms with E-state index in [4.69, 9.17) is 0 Å². The summed E-state index contributed by atoms with van der Waals surface area (Å²) in [6.07, 6.45) is 4.62. The Morgan fingerprint density at radius 3 is 2.83 bits per heavy atom. The third-order valence-corrected chi connectivity index (χ3v) is 3.98. The lowest BCUT2D eigenvalue weighted by Gasteiger charge is -2.17. The highest BCUT2D eigenvalue weighted by atomic mass is 16.2. The largest absolute Gasteiger partial charge is 0.342 e. The molecule has 0 radical (unpaired) electrons. The fraction of sp³-hybridized carbons (Fsp3) is 0.429. The Kier molecular flexibility index (Phi) is 4.36. The maximum absolute atomic E-state index is 12.6. The van der Waals surface area contributed by atoms with Gasteiger partial charge in [-0.1, -0.05) is 0 Å². The third-order valence-electron chi connectivity index (χ3n) is 3.98. The van der Waals surface area contributed by atoms with Crippen molar-refractivity contribution in [3.63, 3.8) is 0 Å². The predicted molar refractivity (Wildman–Crippen MR) is 84.6 cm³/mol.